The average molecular weight is 330 g/mol. The summed E-state index contributed by atoms with van der Waals surface area (Å²) in [5, 5.41) is 14.5. The standard InChI is InChI=1S/C19H14N4O2/c1-12(17-18(24)15-4-2-3-5-16(15)19(17)25)22-13-6-8-14(9-7-13)23-11-20-10-21-23/h2-11,24H,1H3. The van der Waals surface area contributed by atoms with E-state index in [0.717, 1.165) is 5.69 Å². The van der Waals surface area contributed by atoms with Crippen LogP contribution in [0.15, 0.2) is 71.8 Å². The van der Waals surface area contributed by atoms with E-state index < -0.39 is 0 Å². The Bertz CT molecular complexity index is 1020. The first-order valence-corrected chi connectivity index (χ1v) is 7.73. The number of allylic oxidation sites excluding steroid dienone is 1. The number of benzene rings is 2. The summed E-state index contributed by atoms with van der Waals surface area (Å²) in [6, 6.07) is 14.4. The van der Waals surface area contributed by atoms with Crippen LogP contribution in [0.2, 0.25) is 0 Å². The number of hydrogen-bond donors (Lipinski definition) is 1. The normalized spacial score (nSPS) is 14.1. The molecular weight excluding hydrogens is 316 g/mol. The van der Waals surface area contributed by atoms with Crippen molar-refractivity contribution in [3.05, 3.63) is 77.9 Å². The van der Waals surface area contributed by atoms with Gasteiger partial charge < -0.3 is 5.11 Å². The van der Waals surface area contributed by atoms with Crippen LogP contribution in [0.5, 0.6) is 0 Å². The Labute approximate surface area is 143 Å². The number of aliphatic hydroxyl groups is 1. The van der Waals surface area contributed by atoms with E-state index in [1.807, 2.05) is 24.3 Å². The van der Waals surface area contributed by atoms with Crippen LogP contribution in [0.3, 0.4) is 0 Å². The Hall–Kier alpha value is -3.54. The number of carbonyl (C=O) groups is 1. The number of fused-ring (bicyclic) bond motifs is 1. The molecule has 0 atom stereocenters. The minimum Gasteiger partial charge on any atom is -0.506 e. The van der Waals surface area contributed by atoms with Crippen molar-refractivity contribution in [2.75, 3.05) is 0 Å². The number of Topliss-reactive ketones (excluding diaryl/α,β-unsaturated/α-hetero) is 1. The molecule has 0 radical (unpaired) electrons. The van der Waals surface area contributed by atoms with Crippen molar-refractivity contribution in [1.82, 2.24) is 14.8 Å². The molecule has 1 aliphatic carbocycles. The van der Waals surface area contributed by atoms with Crippen LogP contribution in [0, 0.1) is 0 Å². The highest BCUT2D eigenvalue weighted by atomic mass is 16.3. The summed E-state index contributed by atoms with van der Waals surface area (Å²) in [6.45, 7) is 1.72. The van der Waals surface area contributed by atoms with Crippen LogP contribution in [0.1, 0.15) is 22.8 Å². The van der Waals surface area contributed by atoms with Crippen molar-refractivity contribution in [1.29, 1.82) is 0 Å². The van der Waals surface area contributed by atoms with Gasteiger partial charge >= 0.3 is 0 Å². The summed E-state index contributed by atoms with van der Waals surface area (Å²) in [4.78, 5) is 20.9. The smallest absolute Gasteiger partial charge is 0.199 e. The highest BCUT2D eigenvalue weighted by molar-refractivity contribution is 6.35. The second-order valence-electron chi connectivity index (χ2n) is 5.65. The molecule has 0 aliphatic heterocycles. The van der Waals surface area contributed by atoms with E-state index in [2.05, 4.69) is 15.1 Å². The van der Waals surface area contributed by atoms with Gasteiger partial charge in [0.15, 0.2) is 5.78 Å². The van der Waals surface area contributed by atoms with E-state index in [1.54, 1.807) is 42.2 Å². The van der Waals surface area contributed by atoms with Crippen molar-refractivity contribution < 1.29 is 9.90 Å². The molecule has 1 N–H and O–H groups in total. The Kier molecular flexibility index (Phi) is 3.50. The molecule has 6 heteroatoms. The zero-order chi connectivity index (χ0) is 17.4. The van der Waals surface area contributed by atoms with Crippen LogP contribution < -0.4 is 0 Å². The van der Waals surface area contributed by atoms with E-state index in [-0.39, 0.29) is 17.1 Å². The summed E-state index contributed by atoms with van der Waals surface area (Å²) >= 11 is 0. The topological polar surface area (TPSA) is 80.4 Å². The lowest BCUT2D eigenvalue weighted by Gasteiger charge is -2.04. The van der Waals surface area contributed by atoms with Crippen LogP contribution >= 0.6 is 0 Å². The van der Waals surface area contributed by atoms with Gasteiger partial charge in [0, 0.05) is 11.1 Å². The molecule has 0 saturated carbocycles. The fraction of sp³-hybridized carbons (Fsp3) is 0.0526. The Morgan fingerprint density at radius 1 is 1.08 bits per heavy atom. The van der Waals surface area contributed by atoms with Gasteiger partial charge in [-0.15, -0.1) is 0 Å². The first kappa shape index (κ1) is 15.0. The van der Waals surface area contributed by atoms with E-state index in [0.29, 0.717) is 22.5 Å². The molecule has 1 heterocycles. The fourth-order valence-electron chi connectivity index (χ4n) is 2.87. The fourth-order valence-corrected chi connectivity index (χ4v) is 2.87. The van der Waals surface area contributed by atoms with E-state index in [1.165, 1.54) is 6.33 Å². The third-order valence-corrected chi connectivity index (χ3v) is 4.08. The zero-order valence-electron chi connectivity index (χ0n) is 13.4. The first-order valence-electron chi connectivity index (χ1n) is 7.73. The molecule has 0 bridgehead atoms. The van der Waals surface area contributed by atoms with Gasteiger partial charge in [-0.2, -0.15) is 5.10 Å². The quantitative estimate of drug-likeness (QED) is 0.745. The third-order valence-electron chi connectivity index (χ3n) is 4.08. The molecule has 0 amide bonds. The lowest BCUT2D eigenvalue weighted by atomic mass is 10.1. The molecule has 6 nitrogen and oxygen atoms in total. The lowest BCUT2D eigenvalue weighted by Crippen LogP contribution is -2.07. The molecule has 2 aromatic carbocycles. The van der Waals surface area contributed by atoms with Crippen molar-refractivity contribution in [2.24, 2.45) is 4.99 Å². The number of hydrogen-bond acceptors (Lipinski definition) is 5. The van der Waals surface area contributed by atoms with E-state index >= 15 is 0 Å². The van der Waals surface area contributed by atoms with E-state index in [4.69, 9.17) is 0 Å². The third kappa shape index (κ3) is 2.53. The number of ketones is 1. The van der Waals surface area contributed by atoms with Gasteiger partial charge in [-0.1, -0.05) is 24.3 Å². The summed E-state index contributed by atoms with van der Waals surface area (Å²) in [7, 11) is 0. The highest BCUT2D eigenvalue weighted by Crippen LogP contribution is 2.32. The van der Waals surface area contributed by atoms with Crippen LogP contribution in [0.4, 0.5) is 5.69 Å². The highest BCUT2D eigenvalue weighted by Gasteiger charge is 2.30. The van der Waals surface area contributed by atoms with Gasteiger partial charge in [0.25, 0.3) is 0 Å². The Morgan fingerprint density at radius 3 is 2.44 bits per heavy atom. The number of aromatic nitrogens is 3. The van der Waals surface area contributed by atoms with Gasteiger partial charge in [0.2, 0.25) is 0 Å². The SMILES string of the molecule is CC(=Nc1ccc(-n2cncn2)cc1)C1=C(O)c2ccccc2C1=O. The maximum atomic E-state index is 12.5. The molecule has 1 aliphatic rings. The van der Waals surface area contributed by atoms with Crippen molar-refractivity contribution in [2.45, 2.75) is 6.92 Å². The number of rotatable bonds is 3. The Balaban J connectivity index is 1.66. The van der Waals surface area contributed by atoms with Gasteiger partial charge in [0.1, 0.15) is 18.4 Å². The maximum Gasteiger partial charge on any atom is 0.199 e. The van der Waals surface area contributed by atoms with Crippen LogP contribution in [0.25, 0.3) is 11.4 Å². The van der Waals surface area contributed by atoms with Gasteiger partial charge in [-0.25, -0.2) is 9.67 Å². The molecular formula is C19H14N4O2. The molecule has 1 aromatic heterocycles. The minimum atomic E-state index is -0.200. The largest absolute Gasteiger partial charge is 0.506 e. The summed E-state index contributed by atoms with van der Waals surface area (Å²) in [5.74, 6) is -0.213. The first-order chi connectivity index (χ1) is 12.1. The summed E-state index contributed by atoms with van der Waals surface area (Å²) in [5.41, 5.74) is 3.34. The second kappa shape index (κ2) is 5.83. The number of aliphatic imine (C=N–C) groups is 1. The van der Waals surface area contributed by atoms with Crippen molar-refractivity contribution in [3.8, 4) is 5.69 Å². The van der Waals surface area contributed by atoms with Crippen LogP contribution in [-0.4, -0.2) is 31.4 Å². The van der Waals surface area contributed by atoms with Gasteiger partial charge in [-0.05, 0) is 31.2 Å². The average Bonchev–Trinajstić information content (AvgIpc) is 3.24. The zero-order valence-corrected chi connectivity index (χ0v) is 13.4. The molecule has 122 valence electrons. The predicted molar refractivity (Wildman–Crippen MR) is 94.4 cm³/mol. The van der Waals surface area contributed by atoms with Gasteiger partial charge in [-0.3, -0.25) is 9.79 Å². The van der Waals surface area contributed by atoms with Crippen molar-refractivity contribution >= 4 is 22.9 Å². The monoisotopic (exact) mass is 330 g/mol. The summed E-state index contributed by atoms with van der Waals surface area (Å²) in [6.07, 6.45) is 3.08. The molecule has 4 rings (SSSR count). The molecule has 0 spiro atoms. The minimum absolute atomic E-state index is 0.0129. The number of nitrogens with zero attached hydrogens (tertiary/aromatic N) is 4. The maximum absolute atomic E-state index is 12.5. The molecule has 0 saturated heterocycles. The van der Waals surface area contributed by atoms with Crippen LogP contribution in [-0.2, 0) is 0 Å². The molecule has 0 unspecified atom stereocenters. The van der Waals surface area contributed by atoms with Gasteiger partial charge in [0.05, 0.1) is 22.7 Å². The molecule has 3 aromatic rings. The number of carbonyl (C=O) groups excluding carboxylic acids is 1. The summed E-state index contributed by atoms with van der Waals surface area (Å²) < 4.78 is 1.64. The second-order valence-corrected chi connectivity index (χ2v) is 5.65. The molecule has 25 heavy (non-hydrogen) atoms. The Morgan fingerprint density at radius 2 is 1.80 bits per heavy atom. The predicted octanol–water partition coefficient (Wildman–Crippen LogP) is 3.53. The molecule has 0 fully saturated rings. The number of aliphatic hydroxyl groups excluding tert-OH is 1. The van der Waals surface area contributed by atoms with E-state index in [9.17, 15) is 9.90 Å². The lowest BCUT2D eigenvalue weighted by molar-refractivity contribution is 0.104. The van der Waals surface area contributed by atoms with Crippen molar-refractivity contribution in [3.63, 3.8) is 0 Å².